The number of rotatable bonds is 3. The Hall–Kier alpha value is -2.17. The first-order valence-corrected chi connectivity index (χ1v) is 8.94. The molecule has 23 heavy (non-hydrogen) atoms. The summed E-state index contributed by atoms with van der Waals surface area (Å²) in [4.78, 5) is 4.99. The predicted octanol–water partition coefficient (Wildman–Crippen LogP) is 4.39. The average Bonchev–Trinajstić information content (AvgIpc) is 2.54. The topological polar surface area (TPSA) is 56.0 Å². The second kappa shape index (κ2) is 6.52. The van der Waals surface area contributed by atoms with E-state index in [2.05, 4.69) is 4.98 Å². The Morgan fingerprint density at radius 3 is 2.43 bits per heavy atom. The van der Waals surface area contributed by atoms with Crippen LogP contribution in [0.4, 0.5) is 5.82 Å². The van der Waals surface area contributed by atoms with E-state index in [1.807, 2.05) is 54.6 Å². The van der Waals surface area contributed by atoms with Gasteiger partial charge in [0, 0.05) is 38.7 Å². The summed E-state index contributed by atoms with van der Waals surface area (Å²) >= 11 is 6.11. The third kappa shape index (κ3) is 3.28. The van der Waals surface area contributed by atoms with E-state index in [9.17, 15) is 4.21 Å². The first-order valence-electron chi connectivity index (χ1n) is 7.00. The summed E-state index contributed by atoms with van der Waals surface area (Å²) in [5.74, 6) is 0.452. The molecule has 0 bridgehead atoms. The maximum absolute atomic E-state index is 11.5. The minimum Gasteiger partial charge on any atom is -0.383 e. The van der Waals surface area contributed by atoms with Gasteiger partial charge in [-0.15, -0.1) is 0 Å². The number of nitrogen functional groups attached to an aromatic ring is 1. The summed E-state index contributed by atoms with van der Waals surface area (Å²) < 4.78 is 11.5. The highest BCUT2D eigenvalue weighted by Gasteiger charge is 2.12. The molecule has 0 saturated heterocycles. The van der Waals surface area contributed by atoms with Crippen LogP contribution in [0, 0.1) is 0 Å². The largest absolute Gasteiger partial charge is 0.383 e. The van der Waals surface area contributed by atoms with Gasteiger partial charge >= 0.3 is 0 Å². The smallest absolute Gasteiger partial charge is 0.131 e. The quantitative estimate of drug-likeness (QED) is 0.768. The van der Waals surface area contributed by atoms with Crippen molar-refractivity contribution in [1.29, 1.82) is 0 Å². The summed E-state index contributed by atoms with van der Waals surface area (Å²) in [6.45, 7) is 0. The highest BCUT2D eigenvalue weighted by Crippen LogP contribution is 2.36. The van der Waals surface area contributed by atoms with Crippen LogP contribution in [-0.2, 0) is 10.8 Å². The van der Waals surface area contributed by atoms with Crippen LogP contribution in [0.25, 0.3) is 22.3 Å². The summed E-state index contributed by atoms with van der Waals surface area (Å²) in [6.07, 6.45) is 3.35. The van der Waals surface area contributed by atoms with Gasteiger partial charge in [0.15, 0.2) is 0 Å². The predicted molar refractivity (Wildman–Crippen MR) is 96.9 cm³/mol. The van der Waals surface area contributed by atoms with E-state index < -0.39 is 10.8 Å². The van der Waals surface area contributed by atoms with Gasteiger partial charge in [0.25, 0.3) is 0 Å². The molecule has 0 fully saturated rings. The lowest BCUT2D eigenvalue weighted by molar-refractivity contribution is 0.687. The number of hydrogen-bond acceptors (Lipinski definition) is 3. The average molecular weight is 343 g/mol. The summed E-state index contributed by atoms with van der Waals surface area (Å²) in [7, 11) is -0.997. The molecule has 3 nitrogen and oxygen atoms in total. The lowest BCUT2D eigenvalue weighted by Crippen LogP contribution is -1.97. The van der Waals surface area contributed by atoms with Crippen LogP contribution in [0.3, 0.4) is 0 Å². The Morgan fingerprint density at radius 2 is 1.78 bits per heavy atom. The van der Waals surface area contributed by atoms with E-state index in [1.165, 1.54) is 0 Å². The summed E-state index contributed by atoms with van der Waals surface area (Å²) in [6, 6.07) is 17.1. The van der Waals surface area contributed by atoms with Crippen LogP contribution < -0.4 is 5.73 Å². The SMILES string of the molecule is CS(=O)c1ccc(-c2ccnc(N)c2-c2cccc(Cl)c2)cc1. The van der Waals surface area contributed by atoms with Gasteiger partial charge in [-0.3, -0.25) is 4.21 Å². The van der Waals surface area contributed by atoms with E-state index in [0.29, 0.717) is 10.8 Å². The monoisotopic (exact) mass is 342 g/mol. The molecule has 0 aliphatic carbocycles. The number of nitrogens with two attached hydrogens (primary N) is 1. The molecule has 3 aromatic rings. The Labute approximate surface area is 142 Å². The Balaban J connectivity index is 2.17. The molecule has 0 spiro atoms. The summed E-state index contributed by atoms with van der Waals surface area (Å²) in [5, 5.41) is 0.647. The van der Waals surface area contributed by atoms with Crippen LogP contribution in [0.1, 0.15) is 0 Å². The molecule has 1 atom stereocenters. The van der Waals surface area contributed by atoms with Crippen molar-refractivity contribution in [2.45, 2.75) is 4.90 Å². The number of anilines is 1. The molecular weight excluding hydrogens is 328 g/mol. The Morgan fingerprint density at radius 1 is 1.04 bits per heavy atom. The zero-order valence-corrected chi connectivity index (χ0v) is 14.1. The van der Waals surface area contributed by atoms with E-state index in [0.717, 1.165) is 27.1 Å². The Kier molecular flexibility index (Phi) is 4.46. The maximum atomic E-state index is 11.5. The van der Waals surface area contributed by atoms with Gasteiger partial charge in [0.1, 0.15) is 5.82 Å². The number of halogens is 1. The van der Waals surface area contributed by atoms with E-state index in [1.54, 1.807) is 12.5 Å². The fourth-order valence-corrected chi connectivity index (χ4v) is 3.20. The lowest BCUT2D eigenvalue weighted by Gasteiger charge is -2.13. The first kappa shape index (κ1) is 15.7. The standard InChI is InChI=1S/C18H15ClN2OS/c1-23(22)15-7-5-12(6-8-15)16-9-10-21-18(20)17(16)13-3-2-4-14(19)11-13/h2-11H,1H3,(H2,20,21). The zero-order chi connectivity index (χ0) is 16.4. The van der Waals surface area contributed by atoms with Crippen LogP contribution in [0.2, 0.25) is 5.02 Å². The second-order valence-corrected chi connectivity index (χ2v) is 6.92. The van der Waals surface area contributed by atoms with Crippen LogP contribution in [0.15, 0.2) is 65.7 Å². The van der Waals surface area contributed by atoms with Crippen molar-refractivity contribution in [1.82, 2.24) is 4.98 Å². The molecule has 3 rings (SSSR count). The maximum Gasteiger partial charge on any atom is 0.131 e. The minimum absolute atomic E-state index is 0.452. The molecular formula is C18H15ClN2OS. The minimum atomic E-state index is -0.997. The lowest BCUT2D eigenvalue weighted by atomic mass is 9.95. The van der Waals surface area contributed by atoms with E-state index >= 15 is 0 Å². The number of hydrogen-bond donors (Lipinski definition) is 1. The molecule has 0 saturated carbocycles. The van der Waals surface area contributed by atoms with Gasteiger partial charge in [-0.2, -0.15) is 0 Å². The van der Waals surface area contributed by atoms with Crippen molar-refractivity contribution >= 4 is 28.2 Å². The number of pyridine rings is 1. The second-order valence-electron chi connectivity index (χ2n) is 5.11. The van der Waals surface area contributed by atoms with E-state index in [4.69, 9.17) is 17.3 Å². The van der Waals surface area contributed by atoms with Crippen LogP contribution >= 0.6 is 11.6 Å². The molecule has 0 aliphatic heterocycles. The molecule has 116 valence electrons. The van der Waals surface area contributed by atoms with Gasteiger partial charge in [-0.05, 0) is 47.0 Å². The molecule has 2 N–H and O–H groups in total. The molecule has 0 amide bonds. The van der Waals surface area contributed by atoms with Crippen molar-refractivity contribution in [3.05, 3.63) is 65.8 Å². The third-order valence-corrected chi connectivity index (χ3v) is 4.76. The van der Waals surface area contributed by atoms with Crippen molar-refractivity contribution in [2.75, 3.05) is 12.0 Å². The van der Waals surface area contributed by atoms with Gasteiger partial charge in [-0.25, -0.2) is 4.98 Å². The molecule has 1 aromatic heterocycles. The molecule has 0 radical (unpaired) electrons. The fourth-order valence-electron chi connectivity index (χ4n) is 2.49. The fraction of sp³-hybridized carbons (Fsp3) is 0.0556. The zero-order valence-electron chi connectivity index (χ0n) is 12.5. The number of benzene rings is 2. The van der Waals surface area contributed by atoms with Gasteiger partial charge in [0.05, 0.1) is 0 Å². The Bertz CT molecular complexity index is 878. The summed E-state index contributed by atoms with van der Waals surface area (Å²) in [5.41, 5.74) is 9.84. The van der Waals surface area contributed by atoms with Gasteiger partial charge in [-0.1, -0.05) is 35.9 Å². The van der Waals surface area contributed by atoms with Crippen molar-refractivity contribution < 1.29 is 4.21 Å². The normalized spacial score (nSPS) is 12.1. The number of aromatic nitrogens is 1. The van der Waals surface area contributed by atoms with Gasteiger partial charge < -0.3 is 5.73 Å². The number of nitrogens with zero attached hydrogens (tertiary/aromatic N) is 1. The van der Waals surface area contributed by atoms with Crippen LogP contribution in [-0.4, -0.2) is 15.4 Å². The highest BCUT2D eigenvalue weighted by atomic mass is 35.5. The van der Waals surface area contributed by atoms with E-state index in [-0.39, 0.29) is 0 Å². The van der Waals surface area contributed by atoms with Crippen molar-refractivity contribution in [2.24, 2.45) is 0 Å². The van der Waals surface area contributed by atoms with Crippen molar-refractivity contribution in [3.63, 3.8) is 0 Å². The van der Waals surface area contributed by atoms with Crippen LogP contribution in [0.5, 0.6) is 0 Å². The molecule has 1 unspecified atom stereocenters. The molecule has 1 heterocycles. The van der Waals surface area contributed by atoms with Gasteiger partial charge in [0.2, 0.25) is 0 Å². The molecule has 5 heteroatoms. The molecule has 2 aromatic carbocycles. The van der Waals surface area contributed by atoms with Crippen molar-refractivity contribution in [3.8, 4) is 22.3 Å². The highest BCUT2D eigenvalue weighted by molar-refractivity contribution is 7.84. The first-order chi connectivity index (χ1) is 11.1. The molecule has 0 aliphatic rings. The third-order valence-electron chi connectivity index (χ3n) is 3.59.